The van der Waals surface area contributed by atoms with Crippen LogP contribution in [-0.4, -0.2) is 51.7 Å². The third kappa shape index (κ3) is 3.21. The predicted molar refractivity (Wildman–Crippen MR) is 94.5 cm³/mol. The quantitative estimate of drug-likeness (QED) is 0.832. The lowest BCUT2D eigenvalue weighted by molar-refractivity contribution is 0.0910. The molecule has 24 heavy (non-hydrogen) atoms. The van der Waals surface area contributed by atoms with Crippen molar-refractivity contribution >= 4 is 11.8 Å². The lowest BCUT2D eigenvalue weighted by Crippen LogP contribution is -2.58. The second-order valence-electron chi connectivity index (χ2n) is 6.44. The standard InChI is InChI=1S/C18H21N3O2S/c1-22-17-14(4-2-7-20-17)10-21-12-18(13-21)8-16(11-24-18)23-15-5-3-6-19-9-15/h2-7,9,16H,8,10-13H2,1H3. The van der Waals surface area contributed by atoms with Crippen molar-refractivity contribution in [3.8, 4) is 11.6 Å². The van der Waals surface area contributed by atoms with E-state index < -0.39 is 0 Å². The van der Waals surface area contributed by atoms with Gasteiger partial charge in [0, 0.05) is 54.5 Å². The van der Waals surface area contributed by atoms with Crippen LogP contribution in [0.4, 0.5) is 0 Å². The Morgan fingerprint density at radius 3 is 2.96 bits per heavy atom. The molecule has 0 saturated carbocycles. The Kier molecular flexibility index (Phi) is 4.33. The van der Waals surface area contributed by atoms with Gasteiger partial charge in [0.1, 0.15) is 11.9 Å². The second-order valence-corrected chi connectivity index (χ2v) is 7.93. The van der Waals surface area contributed by atoms with Gasteiger partial charge in [0.25, 0.3) is 0 Å². The molecule has 2 aromatic heterocycles. The summed E-state index contributed by atoms with van der Waals surface area (Å²) < 4.78 is 11.8. The molecule has 0 radical (unpaired) electrons. The summed E-state index contributed by atoms with van der Waals surface area (Å²) in [6, 6.07) is 7.95. The van der Waals surface area contributed by atoms with Gasteiger partial charge in [-0.25, -0.2) is 4.98 Å². The number of methoxy groups -OCH3 is 1. The van der Waals surface area contributed by atoms with E-state index >= 15 is 0 Å². The van der Waals surface area contributed by atoms with Gasteiger partial charge in [-0.3, -0.25) is 9.88 Å². The van der Waals surface area contributed by atoms with E-state index in [0.717, 1.165) is 49.0 Å². The van der Waals surface area contributed by atoms with Crippen molar-refractivity contribution in [1.82, 2.24) is 14.9 Å². The molecule has 0 aromatic carbocycles. The fourth-order valence-electron chi connectivity index (χ4n) is 3.56. The van der Waals surface area contributed by atoms with Crippen LogP contribution in [-0.2, 0) is 6.54 Å². The van der Waals surface area contributed by atoms with Crippen molar-refractivity contribution in [2.45, 2.75) is 23.8 Å². The van der Waals surface area contributed by atoms with E-state index in [1.54, 1.807) is 25.7 Å². The molecule has 6 heteroatoms. The van der Waals surface area contributed by atoms with Gasteiger partial charge >= 0.3 is 0 Å². The van der Waals surface area contributed by atoms with E-state index in [4.69, 9.17) is 9.47 Å². The molecule has 2 saturated heterocycles. The molecule has 2 aromatic rings. The molecule has 126 valence electrons. The third-order valence-electron chi connectivity index (χ3n) is 4.57. The summed E-state index contributed by atoms with van der Waals surface area (Å²) in [5.74, 6) is 2.66. The summed E-state index contributed by atoms with van der Waals surface area (Å²) in [4.78, 5) is 10.8. The normalized spacial score (nSPS) is 22.3. The number of hydrogen-bond acceptors (Lipinski definition) is 6. The van der Waals surface area contributed by atoms with Gasteiger partial charge in [-0.15, -0.1) is 11.8 Å². The van der Waals surface area contributed by atoms with E-state index in [1.165, 1.54) is 0 Å². The smallest absolute Gasteiger partial charge is 0.217 e. The van der Waals surface area contributed by atoms with Crippen molar-refractivity contribution in [2.75, 3.05) is 26.0 Å². The second kappa shape index (κ2) is 6.61. The minimum Gasteiger partial charge on any atom is -0.488 e. The molecule has 2 aliphatic heterocycles. The Bertz CT molecular complexity index is 692. The zero-order chi connectivity index (χ0) is 16.4. The Balaban J connectivity index is 1.31. The van der Waals surface area contributed by atoms with E-state index in [9.17, 15) is 0 Å². The summed E-state index contributed by atoms with van der Waals surface area (Å²) in [6.45, 7) is 3.10. The maximum absolute atomic E-state index is 6.06. The van der Waals surface area contributed by atoms with E-state index in [2.05, 4.69) is 20.9 Å². The SMILES string of the molecule is COc1ncccc1CN1CC2(CC(Oc3cccnc3)CS2)C1. The number of rotatable bonds is 5. The highest BCUT2D eigenvalue weighted by Crippen LogP contribution is 2.46. The minimum atomic E-state index is 0.286. The van der Waals surface area contributed by atoms with Gasteiger partial charge in [-0.05, 0) is 18.2 Å². The monoisotopic (exact) mass is 343 g/mol. The summed E-state index contributed by atoms with van der Waals surface area (Å²) in [6.07, 6.45) is 6.72. The van der Waals surface area contributed by atoms with Gasteiger partial charge in [-0.1, -0.05) is 6.07 Å². The first-order valence-electron chi connectivity index (χ1n) is 8.17. The first-order chi connectivity index (χ1) is 11.8. The number of ether oxygens (including phenoxy) is 2. The maximum atomic E-state index is 6.06. The fraction of sp³-hybridized carbons (Fsp3) is 0.444. The van der Waals surface area contributed by atoms with Crippen molar-refractivity contribution < 1.29 is 9.47 Å². The summed E-state index contributed by atoms with van der Waals surface area (Å²) >= 11 is 2.05. The Morgan fingerprint density at radius 2 is 2.17 bits per heavy atom. The number of aromatic nitrogens is 2. The first kappa shape index (κ1) is 15.7. The minimum absolute atomic E-state index is 0.286. The van der Waals surface area contributed by atoms with Gasteiger partial charge < -0.3 is 9.47 Å². The first-order valence-corrected chi connectivity index (χ1v) is 9.16. The summed E-state index contributed by atoms with van der Waals surface area (Å²) in [5.41, 5.74) is 1.15. The number of likely N-dealkylation sites (tertiary alicyclic amines) is 1. The molecule has 0 bridgehead atoms. The Morgan fingerprint density at radius 1 is 1.29 bits per heavy atom. The molecule has 1 unspecified atom stereocenters. The average Bonchev–Trinajstić information content (AvgIpc) is 3.00. The van der Waals surface area contributed by atoms with Gasteiger partial charge in [0.15, 0.2) is 0 Å². The molecule has 1 spiro atoms. The maximum Gasteiger partial charge on any atom is 0.217 e. The number of pyridine rings is 2. The molecular formula is C18H21N3O2S. The molecule has 4 heterocycles. The van der Waals surface area contributed by atoms with Gasteiger partial charge in [0.05, 0.1) is 13.3 Å². The lowest BCUT2D eigenvalue weighted by atomic mass is 9.92. The topological polar surface area (TPSA) is 47.5 Å². The molecule has 5 nitrogen and oxygen atoms in total. The van der Waals surface area contributed by atoms with Crippen LogP contribution < -0.4 is 9.47 Å². The number of thioether (sulfide) groups is 1. The van der Waals surface area contributed by atoms with Crippen molar-refractivity contribution in [3.05, 3.63) is 48.4 Å². The fourth-order valence-corrected chi connectivity index (χ4v) is 5.13. The van der Waals surface area contributed by atoms with Crippen LogP contribution in [0, 0.1) is 0 Å². The average molecular weight is 343 g/mol. The van der Waals surface area contributed by atoms with Crippen LogP contribution in [0.1, 0.15) is 12.0 Å². The van der Waals surface area contributed by atoms with Crippen LogP contribution in [0.5, 0.6) is 11.6 Å². The highest BCUT2D eigenvalue weighted by molar-refractivity contribution is 8.01. The van der Waals surface area contributed by atoms with Crippen LogP contribution >= 0.6 is 11.8 Å². The van der Waals surface area contributed by atoms with Crippen LogP contribution in [0.15, 0.2) is 42.9 Å². The highest BCUT2D eigenvalue weighted by atomic mass is 32.2. The van der Waals surface area contributed by atoms with Crippen molar-refractivity contribution in [3.63, 3.8) is 0 Å². The predicted octanol–water partition coefficient (Wildman–Crippen LogP) is 2.62. The van der Waals surface area contributed by atoms with Gasteiger partial charge in [-0.2, -0.15) is 0 Å². The van der Waals surface area contributed by atoms with Crippen molar-refractivity contribution in [1.29, 1.82) is 0 Å². The summed E-state index contributed by atoms with van der Waals surface area (Å²) in [5, 5.41) is 0. The van der Waals surface area contributed by atoms with E-state index in [1.807, 2.05) is 30.0 Å². The third-order valence-corrected chi connectivity index (χ3v) is 6.15. The molecule has 2 fully saturated rings. The molecule has 0 amide bonds. The number of hydrogen-bond donors (Lipinski definition) is 0. The molecule has 1 atom stereocenters. The molecule has 0 N–H and O–H groups in total. The zero-order valence-corrected chi connectivity index (χ0v) is 14.5. The van der Waals surface area contributed by atoms with Crippen LogP contribution in [0.25, 0.3) is 0 Å². The van der Waals surface area contributed by atoms with Crippen LogP contribution in [0.3, 0.4) is 0 Å². The van der Waals surface area contributed by atoms with Crippen molar-refractivity contribution in [2.24, 2.45) is 0 Å². The largest absolute Gasteiger partial charge is 0.488 e. The lowest BCUT2D eigenvalue weighted by Gasteiger charge is -2.47. The zero-order valence-electron chi connectivity index (χ0n) is 13.7. The van der Waals surface area contributed by atoms with Gasteiger partial charge in [0.2, 0.25) is 5.88 Å². The molecule has 0 aliphatic carbocycles. The molecule has 2 aliphatic rings. The Labute approximate surface area is 146 Å². The Hall–Kier alpha value is -1.79. The van der Waals surface area contributed by atoms with E-state index in [-0.39, 0.29) is 6.10 Å². The molecule has 4 rings (SSSR count). The number of nitrogens with zero attached hydrogens (tertiary/aromatic N) is 3. The van der Waals surface area contributed by atoms with Crippen LogP contribution in [0.2, 0.25) is 0 Å². The summed E-state index contributed by atoms with van der Waals surface area (Å²) in [7, 11) is 1.68. The van der Waals surface area contributed by atoms with E-state index in [0.29, 0.717) is 4.75 Å². The molecular weight excluding hydrogens is 322 g/mol. The highest BCUT2D eigenvalue weighted by Gasteiger charge is 2.49.